The summed E-state index contributed by atoms with van der Waals surface area (Å²) in [6.45, 7) is 0.619. The number of carbonyl (C=O) groups excluding carboxylic acids is 1. The van der Waals surface area contributed by atoms with Crippen LogP contribution >= 0.6 is 0 Å². The summed E-state index contributed by atoms with van der Waals surface area (Å²) < 4.78 is 0. The molecule has 0 atom stereocenters. The number of aliphatic hydroxyl groups is 1. The van der Waals surface area contributed by atoms with Crippen molar-refractivity contribution in [1.29, 1.82) is 0 Å². The molecule has 0 aliphatic heterocycles. The lowest BCUT2D eigenvalue weighted by Gasteiger charge is -2.03. The van der Waals surface area contributed by atoms with Crippen LogP contribution in [0.3, 0.4) is 0 Å². The lowest BCUT2D eigenvalue weighted by atomic mass is 10.2. The van der Waals surface area contributed by atoms with E-state index in [-0.39, 0.29) is 6.61 Å². The first-order valence-corrected chi connectivity index (χ1v) is 5.84. The number of benzene rings is 1. The van der Waals surface area contributed by atoms with Gasteiger partial charge in [-0.2, -0.15) is 4.89 Å². The third-order valence-electron chi connectivity index (χ3n) is 2.28. The Labute approximate surface area is 101 Å². The smallest absolute Gasteiger partial charge is 0.373 e. The number of aliphatic hydroxyl groups excluding tert-OH is 1. The van der Waals surface area contributed by atoms with Crippen molar-refractivity contribution in [3.63, 3.8) is 0 Å². The zero-order valence-electron chi connectivity index (χ0n) is 9.80. The van der Waals surface area contributed by atoms with Crippen LogP contribution in [-0.2, 0) is 9.78 Å². The average molecular weight is 238 g/mol. The van der Waals surface area contributed by atoms with E-state index in [4.69, 9.17) is 9.99 Å². The first-order valence-electron chi connectivity index (χ1n) is 5.84. The summed E-state index contributed by atoms with van der Waals surface area (Å²) in [5.41, 5.74) is 0.479. The van der Waals surface area contributed by atoms with Gasteiger partial charge in [-0.05, 0) is 25.0 Å². The van der Waals surface area contributed by atoms with Crippen LogP contribution in [-0.4, -0.2) is 24.3 Å². The zero-order chi connectivity index (χ0) is 12.3. The van der Waals surface area contributed by atoms with Gasteiger partial charge in [0, 0.05) is 6.61 Å². The van der Waals surface area contributed by atoms with Crippen LogP contribution in [0.4, 0.5) is 0 Å². The molecule has 94 valence electrons. The fraction of sp³-hybridized carbons (Fsp3) is 0.462. The Morgan fingerprint density at radius 2 is 1.76 bits per heavy atom. The van der Waals surface area contributed by atoms with Crippen molar-refractivity contribution in [2.45, 2.75) is 25.7 Å². The summed E-state index contributed by atoms with van der Waals surface area (Å²) in [6.07, 6.45) is 3.56. The molecule has 17 heavy (non-hydrogen) atoms. The molecule has 0 bridgehead atoms. The van der Waals surface area contributed by atoms with Crippen molar-refractivity contribution >= 4 is 5.97 Å². The molecule has 0 heterocycles. The number of hydrogen-bond acceptors (Lipinski definition) is 4. The number of rotatable bonds is 8. The van der Waals surface area contributed by atoms with Gasteiger partial charge in [0.25, 0.3) is 0 Å². The molecule has 0 saturated carbocycles. The molecule has 0 amide bonds. The maximum Gasteiger partial charge on any atom is 0.373 e. The molecule has 1 aromatic rings. The third kappa shape index (κ3) is 6.04. The standard InChI is InChI=1S/C13H18O4/c14-10-6-1-2-7-11-16-17-13(15)12-8-4-3-5-9-12/h3-5,8-9,14H,1-2,6-7,10-11H2. The summed E-state index contributed by atoms with van der Waals surface area (Å²) in [6, 6.07) is 8.72. The Morgan fingerprint density at radius 1 is 1.06 bits per heavy atom. The largest absolute Gasteiger partial charge is 0.396 e. The lowest BCUT2D eigenvalue weighted by molar-refractivity contribution is -0.241. The van der Waals surface area contributed by atoms with Crippen molar-refractivity contribution in [3.8, 4) is 0 Å². The second kappa shape index (κ2) is 8.73. The highest BCUT2D eigenvalue weighted by Gasteiger charge is 2.06. The summed E-state index contributed by atoms with van der Waals surface area (Å²) in [5, 5.41) is 8.57. The van der Waals surface area contributed by atoms with E-state index in [2.05, 4.69) is 4.89 Å². The molecule has 1 aromatic carbocycles. The van der Waals surface area contributed by atoms with Crippen LogP contribution in [0.1, 0.15) is 36.0 Å². The maximum absolute atomic E-state index is 11.4. The molecule has 0 fully saturated rings. The molecule has 0 spiro atoms. The van der Waals surface area contributed by atoms with Crippen molar-refractivity contribution in [3.05, 3.63) is 35.9 Å². The van der Waals surface area contributed by atoms with Gasteiger partial charge in [-0.15, -0.1) is 0 Å². The number of unbranched alkanes of at least 4 members (excludes halogenated alkanes) is 3. The quantitative estimate of drug-likeness (QED) is 0.429. The van der Waals surface area contributed by atoms with E-state index in [0.717, 1.165) is 25.7 Å². The van der Waals surface area contributed by atoms with Crippen molar-refractivity contribution in [1.82, 2.24) is 0 Å². The van der Waals surface area contributed by atoms with E-state index in [1.54, 1.807) is 24.3 Å². The van der Waals surface area contributed by atoms with Crippen LogP contribution < -0.4 is 0 Å². The molecule has 0 aliphatic carbocycles. The Morgan fingerprint density at radius 3 is 2.47 bits per heavy atom. The second-order valence-electron chi connectivity index (χ2n) is 3.70. The average Bonchev–Trinajstić information content (AvgIpc) is 2.38. The van der Waals surface area contributed by atoms with Crippen LogP contribution in [0.15, 0.2) is 30.3 Å². The highest BCUT2D eigenvalue weighted by Crippen LogP contribution is 2.03. The molecule has 0 aromatic heterocycles. The molecule has 0 radical (unpaired) electrons. The van der Waals surface area contributed by atoms with E-state index >= 15 is 0 Å². The van der Waals surface area contributed by atoms with Gasteiger partial charge in [0.1, 0.15) is 0 Å². The minimum atomic E-state index is -0.471. The topological polar surface area (TPSA) is 55.8 Å². The van der Waals surface area contributed by atoms with Crippen LogP contribution in [0, 0.1) is 0 Å². The van der Waals surface area contributed by atoms with Gasteiger partial charge in [0.15, 0.2) is 0 Å². The van der Waals surface area contributed by atoms with Crippen molar-refractivity contribution in [2.75, 3.05) is 13.2 Å². The monoisotopic (exact) mass is 238 g/mol. The lowest BCUT2D eigenvalue weighted by Crippen LogP contribution is -2.06. The van der Waals surface area contributed by atoms with E-state index < -0.39 is 5.97 Å². The van der Waals surface area contributed by atoms with E-state index in [9.17, 15) is 4.79 Å². The molecule has 4 nitrogen and oxygen atoms in total. The van der Waals surface area contributed by atoms with Gasteiger partial charge in [-0.25, -0.2) is 4.79 Å². The SMILES string of the molecule is O=C(OOCCCCCCO)c1ccccc1. The van der Waals surface area contributed by atoms with Gasteiger partial charge in [-0.1, -0.05) is 31.0 Å². The Kier molecular flexibility index (Phi) is 7.02. The zero-order valence-corrected chi connectivity index (χ0v) is 9.80. The van der Waals surface area contributed by atoms with Crippen molar-refractivity contribution < 1.29 is 19.7 Å². The van der Waals surface area contributed by atoms with Crippen molar-refractivity contribution in [2.24, 2.45) is 0 Å². The van der Waals surface area contributed by atoms with Gasteiger partial charge in [0.05, 0.1) is 12.2 Å². The number of carbonyl (C=O) groups is 1. The summed E-state index contributed by atoms with van der Waals surface area (Å²) in [4.78, 5) is 20.9. The second-order valence-corrected chi connectivity index (χ2v) is 3.70. The molecule has 0 unspecified atom stereocenters. The highest BCUT2D eigenvalue weighted by atomic mass is 17.2. The number of hydrogen-bond donors (Lipinski definition) is 1. The van der Waals surface area contributed by atoms with Crippen LogP contribution in [0.2, 0.25) is 0 Å². The van der Waals surface area contributed by atoms with E-state index in [1.807, 2.05) is 6.07 Å². The predicted octanol–water partition coefficient (Wildman–Crippen LogP) is 2.33. The minimum absolute atomic E-state index is 0.226. The fourth-order valence-electron chi connectivity index (χ4n) is 1.34. The van der Waals surface area contributed by atoms with E-state index in [0.29, 0.717) is 12.2 Å². The maximum atomic E-state index is 11.4. The predicted molar refractivity (Wildman–Crippen MR) is 63.4 cm³/mol. The van der Waals surface area contributed by atoms with Gasteiger partial charge in [-0.3, -0.25) is 4.89 Å². The van der Waals surface area contributed by atoms with Gasteiger partial charge >= 0.3 is 5.97 Å². The summed E-state index contributed by atoms with van der Waals surface area (Å²) in [5.74, 6) is -0.471. The Balaban J connectivity index is 2.05. The first-order chi connectivity index (χ1) is 8.34. The molecule has 0 aliphatic rings. The Hall–Kier alpha value is -1.39. The fourth-order valence-corrected chi connectivity index (χ4v) is 1.34. The first kappa shape index (κ1) is 13.7. The molecule has 1 rings (SSSR count). The van der Waals surface area contributed by atoms with E-state index in [1.165, 1.54) is 0 Å². The summed E-state index contributed by atoms with van der Waals surface area (Å²) in [7, 11) is 0. The van der Waals surface area contributed by atoms with Crippen LogP contribution in [0.25, 0.3) is 0 Å². The normalized spacial score (nSPS) is 10.2. The van der Waals surface area contributed by atoms with Crippen LogP contribution in [0.5, 0.6) is 0 Å². The molecule has 0 saturated heterocycles. The summed E-state index contributed by atoms with van der Waals surface area (Å²) >= 11 is 0. The van der Waals surface area contributed by atoms with Gasteiger partial charge < -0.3 is 5.11 Å². The molecule has 1 N–H and O–H groups in total. The Bertz CT molecular complexity index is 310. The highest BCUT2D eigenvalue weighted by molar-refractivity contribution is 5.88. The molecule has 4 heteroatoms. The molecular formula is C13H18O4. The third-order valence-corrected chi connectivity index (χ3v) is 2.28. The van der Waals surface area contributed by atoms with Gasteiger partial charge in [0.2, 0.25) is 0 Å². The minimum Gasteiger partial charge on any atom is -0.396 e. The molecular weight excluding hydrogens is 220 g/mol.